The number of hydrogen-bond donors (Lipinski definition) is 2. The van der Waals surface area contributed by atoms with Crippen LogP contribution in [0, 0.1) is 6.92 Å². The molecule has 190 valence electrons. The molecule has 0 aromatic heterocycles. The average Bonchev–Trinajstić information content (AvgIpc) is 3.02. The lowest BCUT2D eigenvalue weighted by Gasteiger charge is -2.33. The highest BCUT2D eigenvalue weighted by Gasteiger charge is 2.69. The van der Waals surface area contributed by atoms with Crippen LogP contribution < -0.4 is 0 Å². The normalized spacial score (nSPS) is 24.9. The Morgan fingerprint density at radius 2 is 1.63 bits per heavy atom. The van der Waals surface area contributed by atoms with Gasteiger partial charge in [-0.1, -0.05) is 35.3 Å². The lowest BCUT2D eigenvalue weighted by Crippen LogP contribution is -2.41. The molecule has 1 heterocycles. The number of carbonyl (C=O) groups excluding carboxylic acids is 1. The minimum absolute atomic E-state index is 0.0587. The van der Waals surface area contributed by atoms with Gasteiger partial charge in [-0.2, -0.15) is 13.2 Å². The fourth-order valence-corrected chi connectivity index (χ4v) is 6.24. The first-order valence-corrected chi connectivity index (χ1v) is 12.0. The molecule has 0 amide bonds. The maximum atomic E-state index is 14.6. The monoisotopic (exact) mass is 550 g/mol. The molecule has 11 heteroatoms. The summed E-state index contributed by atoms with van der Waals surface area (Å²) in [6, 6.07) is 7.26. The highest BCUT2D eigenvalue weighted by Crippen LogP contribution is 2.65. The van der Waals surface area contributed by atoms with E-state index < -0.39 is 45.7 Å². The van der Waals surface area contributed by atoms with Gasteiger partial charge in [0, 0.05) is 16.5 Å². The lowest BCUT2D eigenvalue weighted by atomic mass is 9.78. The second kappa shape index (κ2) is 9.18. The number of carbonyl (C=O) groups is 2. The van der Waals surface area contributed by atoms with Crippen LogP contribution in [0.2, 0.25) is 10.0 Å². The Bertz CT molecular complexity index is 1160. The third-order valence-electron chi connectivity index (χ3n) is 5.63. The first kappa shape index (κ1) is 27.6. The van der Waals surface area contributed by atoms with Crippen molar-refractivity contribution in [3.8, 4) is 0 Å². The molecular formula is C24H23Cl2F3O5S. The minimum Gasteiger partial charge on any atom is -0.480 e. The van der Waals surface area contributed by atoms with Gasteiger partial charge in [-0.3, -0.25) is 4.79 Å². The number of ether oxygens (including phenoxy) is 1. The molecule has 1 saturated heterocycles. The van der Waals surface area contributed by atoms with E-state index in [0.29, 0.717) is 5.56 Å². The summed E-state index contributed by atoms with van der Waals surface area (Å²) < 4.78 is 46.3. The quantitative estimate of drug-likeness (QED) is 0.423. The molecule has 2 N–H and O–H groups in total. The van der Waals surface area contributed by atoms with Gasteiger partial charge in [0.1, 0.15) is 21.2 Å². The minimum atomic E-state index is -4.96. The number of carboxylic acid groups (broad SMARTS) is 1. The molecule has 0 radical (unpaired) electrons. The number of benzene rings is 2. The van der Waals surface area contributed by atoms with Gasteiger partial charge in [0.15, 0.2) is 0 Å². The summed E-state index contributed by atoms with van der Waals surface area (Å²) in [5.41, 5.74) is -3.18. The number of halogens is 5. The van der Waals surface area contributed by atoms with Gasteiger partial charge >= 0.3 is 18.1 Å². The van der Waals surface area contributed by atoms with E-state index in [0.717, 1.165) is 12.1 Å². The average molecular weight is 551 g/mol. The summed E-state index contributed by atoms with van der Waals surface area (Å²) in [5.74, 6) is -2.27. The molecule has 0 aliphatic carbocycles. The molecule has 1 aliphatic rings. The van der Waals surface area contributed by atoms with Crippen LogP contribution in [-0.4, -0.2) is 39.2 Å². The third kappa shape index (κ3) is 5.28. The fraction of sp³-hybridized carbons (Fsp3) is 0.417. The van der Waals surface area contributed by atoms with Gasteiger partial charge in [0.05, 0.1) is 5.56 Å². The number of esters is 1. The molecule has 1 fully saturated rings. The molecule has 3 rings (SSSR count). The van der Waals surface area contributed by atoms with Gasteiger partial charge < -0.3 is 14.9 Å². The Kier molecular flexibility index (Phi) is 7.25. The van der Waals surface area contributed by atoms with E-state index in [2.05, 4.69) is 0 Å². The lowest BCUT2D eigenvalue weighted by molar-refractivity contribution is -0.173. The predicted molar refractivity (Wildman–Crippen MR) is 128 cm³/mol. The summed E-state index contributed by atoms with van der Waals surface area (Å²) >= 11 is 12.0. The third-order valence-corrected chi connectivity index (χ3v) is 7.90. The molecule has 0 spiro atoms. The SMILES string of the molecule is Cc1cc(C2(O)CC(c3cc(Cl)cc(Cl)c3)(C(F)(F)F)SC2C(=O)O)ccc1C(=O)OC(C)(C)C. The number of aryl methyl sites for hydroxylation is 1. The summed E-state index contributed by atoms with van der Waals surface area (Å²) in [4.78, 5) is 24.6. The zero-order valence-electron chi connectivity index (χ0n) is 19.2. The zero-order valence-corrected chi connectivity index (χ0v) is 21.5. The van der Waals surface area contributed by atoms with Crippen molar-refractivity contribution in [1.29, 1.82) is 0 Å². The molecule has 0 saturated carbocycles. The van der Waals surface area contributed by atoms with Crippen LogP contribution in [0.4, 0.5) is 13.2 Å². The first-order valence-electron chi connectivity index (χ1n) is 10.4. The van der Waals surface area contributed by atoms with E-state index in [1.54, 1.807) is 20.8 Å². The van der Waals surface area contributed by atoms with Crippen molar-refractivity contribution >= 4 is 46.9 Å². The number of thioether (sulfide) groups is 1. The molecule has 3 atom stereocenters. The molecule has 3 unspecified atom stereocenters. The second-order valence-electron chi connectivity index (χ2n) is 9.45. The molecule has 35 heavy (non-hydrogen) atoms. The van der Waals surface area contributed by atoms with Crippen LogP contribution in [-0.2, 0) is 19.9 Å². The van der Waals surface area contributed by atoms with E-state index in [1.165, 1.54) is 31.2 Å². The topological polar surface area (TPSA) is 83.8 Å². The molecule has 5 nitrogen and oxygen atoms in total. The Morgan fingerprint density at radius 3 is 2.09 bits per heavy atom. The van der Waals surface area contributed by atoms with E-state index in [4.69, 9.17) is 27.9 Å². The van der Waals surface area contributed by atoms with Crippen molar-refractivity contribution in [3.63, 3.8) is 0 Å². The number of rotatable bonds is 4. The molecule has 2 aromatic carbocycles. The fourth-order valence-electron chi connectivity index (χ4n) is 4.10. The van der Waals surface area contributed by atoms with E-state index in [-0.39, 0.29) is 38.5 Å². The summed E-state index contributed by atoms with van der Waals surface area (Å²) in [6.07, 6.45) is -5.97. The van der Waals surface area contributed by atoms with Gasteiger partial charge in [-0.25, -0.2) is 4.79 Å². The summed E-state index contributed by atoms with van der Waals surface area (Å²) in [7, 11) is 0. The number of carboxylic acids is 1. The molecule has 0 bridgehead atoms. The maximum absolute atomic E-state index is 14.6. The Morgan fingerprint density at radius 1 is 1.06 bits per heavy atom. The van der Waals surface area contributed by atoms with Crippen molar-refractivity contribution < 1.29 is 37.7 Å². The van der Waals surface area contributed by atoms with Gasteiger partial charge in [-0.05, 0) is 68.7 Å². The van der Waals surface area contributed by atoms with Crippen molar-refractivity contribution in [2.24, 2.45) is 0 Å². The van der Waals surface area contributed by atoms with Crippen LogP contribution >= 0.6 is 35.0 Å². The Balaban J connectivity index is 2.15. The highest BCUT2D eigenvalue weighted by molar-refractivity contribution is 8.02. The van der Waals surface area contributed by atoms with E-state index >= 15 is 0 Å². The van der Waals surface area contributed by atoms with Crippen molar-refractivity contribution in [1.82, 2.24) is 0 Å². The predicted octanol–water partition coefficient (Wildman–Crippen LogP) is 6.49. The van der Waals surface area contributed by atoms with E-state index in [1.807, 2.05) is 0 Å². The van der Waals surface area contributed by atoms with Crippen LogP contribution in [0.3, 0.4) is 0 Å². The molecular weight excluding hydrogens is 528 g/mol. The zero-order chi connectivity index (χ0) is 26.6. The van der Waals surface area contributed by atoms with Crippen LogP contribution in [0.25, 0.3) is 0 Å². The second-order valence-corrected chi connectivity index (χ2v) is 11.7. The molecule has 1 aliphatic heterocycles. The number of aliphatic hydroxyl groups is 1. The number of hydrogen-bond acceptors (Lipinski definition) is 5. The van der Waals surface area contributed by atoms with Crippen molar-refractivity contribution in [2.45, 2.75) is 61.5 Å². The van der Waals surface area contributed by atoms with Gasteiger partial charge in [-0.15, -0.1) is 11.8 Å². The van der Waals surface area contributed by atoms with Crippen LogP contribution in [0.15, 0.2) is 36.4 Å². The molecule has 2 aromatic rings. The van der Waals surface area contributed by atoms with Crippen LogP contribution in [0.1, 0.15) is 54.2 Å². The Hall–Kier alpha value is -1.94. The van der Waals surface area contributed by atoms with Gasteiger partial charge in [0.2, 0.25) is 0 Å². The summed E-state index contributed by atoms with van der Waals surface area (Å²) in [5, 5.41) is 19.4. The Labute approximate surface area is 214 Å². The van der Waals surface area contributed by atoms with Crippen molar-refractivity contribution in [3.05, 3.63) is 68.7 Å². The maximum Gasteiger partial charge on any atom is 0.407 e. The first-order chi connectivity index (χ1) is 15.9. The largest absolute Gasteiger partial charge is 0.480 e. The van der Waals surface area contributed by atoms with Crippen molar-refractivity contribution in [2.75, 3.05) is 0 Å². The summed E-state index contributed by atoms with van der Waals surface area (Å²) in [6.45, 7) is 6.58. The van der Waals surface area contributed by atoms with Gasteiger partial charge in [0.25, 0.3) is 0 Å². The number of alkyl halides is 3. The smallest absolute Gasteiger partial charge is 0.407 e. The van der Waals surface area contributed by atoms with Crippen LogP contribution in [0.5, 0.6) is 0 Å². The van der Waals surface area contributed by atoms with E-state index in [9.17, 15) is 33.0 Å². The standard InChI is InChI=1S/C24H23Cl2F3O5S/c1-12-7-13(5-6-17(12)20(32)34-21(2,3)4)22(33)11-23(24(27,28)29,35-18(22)19(30)31)14-8-15(25)10-16(26)9-14/h5-10,18,33H,11H2,1-4H3,(H,30,31). The number of aliphatic carboxylic acids is 1. The highest BCUT2D eigenvalue weighted by atomic mass is 35.5.